The molecule has 1 aromatic rings. The SMILES string of the molecule is O=S(=O)(N1CCC(N2CC=CC2)C1)N1CCCC1c1ccco1. The zero-order valence-corrected chi connectivity index (χ0v) is 14.0. The second kappa shape index (κ2) is 6.05. The van der Waals surface area contributed by atoms with Gasteiger partial charge in [-0.3, -0.25) is 4.90 Å². The molecule has 0 aromatic carbocycles. The van der Waals surface area contributed by atoms with Crippen molar-refractivity contribution in [3.05, 3.63) is 36.3 Å². The molecule has 3 aliphatic heterocycles. The van der Waals surface area contributed by atoms with Crippen LogP contribution in [-0.4, -0.2) is 60.7 Å². The molecule has 2 fully saturated rings. The van der Waals surface area contributed by atoms with Crippen molar-refractivity contribution in [1.82, 2.24) is 13.5 Å². The molecular weight excluding hydrogens is 314 g/mol. The van der Waals surface area contributed by atoms with Crippen LogP contribution in [0.25, 0.3) is 0 Å². The van der Waals surface area contributed by atoms with Crippen LogP contribution in [0.1, 0.15) is 31.1 Å². The molecular formula is C16H23N3O3S. The van der Waals surface area contributed by atoms with Gasteiger partial charge in [0.2, 0.25) is 0 Å². The molecule has 7 heteroatoms. The molecule has 1 aromatic heterocycles. The maximum atomic E-state index is 13.1. The average molecular weight is 337 g/mol. The van der Waals surface area contributed by atoms with Crippen LogP contribution in [0.15, 0.2) is 35.0 Å². The summed E-state index contributed by atoms with van der Waals surface area (Å²) in [6.45, 7) is 3.69. The van der Waals surface area contributed by atoms with Gasteiger partial charge in [0.05, 0.1) is 12.3 Å². The summed E-state index contributed by atoms with van der Waals surface area (Å²) >= 11 is 0. The van der Waals surface area contributed by atoms with Crippen LogP contribution in [0.3, 0.4) is 0 Å². The van der Waals surface area contributed by atoms with Crippen LogP contribution in [0.2, 0.25) is 0 Å². The van der Waals surface area contributed by atoms with Gasteiger partial charge in [0.15, 0.2) is 0 Å². The predicted octanol–water partition coefficient (Wildman–Crippen LogP) is 1.61. The van der Waals surface area contributed by atoms with E-state index >= 15 is 0 Å². The van der Waals surface area contributed by atoms with Crippen molar-refractivity contribution in [2.75, 3.05) is 32.7 Å². The minimum atomic E-state index is -3.42. The Hall–Kier alpha value is -1.15. The molecule has 0 N–H and O–H groups in total. The molecule has 0 saturated carbocycles. The lowest BCUT2D eigenvalue weighted by molar-refractivity contribution is 0.256. The summed E-state index contributed by atoms with van der Waals surface area (Å²) in [5, 5.41) is 0. The van der Waals surface area contributed by atoms with E-state index in [1.165, 1.54) is 0 Å². The fourth-order valence-corrected chi connectivity index (χ4v) is 5.82. The van der Waals surface area contributed by atoms with E-state index < -0.39 is 10.2 Å². The number of nitrogens with zero attached hydrogens (tertiary/aromatic N) is 3. The van der Waals surface area contributed by atoms with Gasteiger partial charge in [0.25, 0.3) is 10.2 Å². The van der Waals surface area contributed by atoms with E-state index in [-0.39, 0.29) is 6.04 Å². The molecule has 2 unspecified atom stereocenters. The van der Waals surface area contributed by atoms with Crippen molar-refractivity contribution in [2.45, 2.75) is 31.3 Å². The zero-order chi connectivity index (χ0) is 15.9. The molecule has 6 nitrogen and oxygen atoms in total. The molecule has 0 spiro atoms. The van der Waals surface area contributed by atoms with Crippen molar-refractivity contribution in [2.24, 2.45) is 0 Å². The van der Waals surface area contributed by atoms with E-state index in [0.29, 0.717) is 25.7 Å². The summed E-state index contributed by atoms with van der Waals surface area (Å²) in [5.74, 6) is 0.755. The monoisotopic (exact) mass is 337 g/mol. The summed E-state index contributed by atoms with van der Waals surface area (Å²) in [6, 6.07) is 3.89. The predicted molar refractivity (Wildman–Crippen MR) is 87.0 cm³/mol. The Morgan fingerprint density at radius 2 is 1.96 bits per heavy atom. The molecule has 3 aliphatic rings. The number of hydrogen-bond donors (Lipinski definition) is 0. The van der Waals surface area contributed by atoms with Crippen LogP contribution in [0.4, 0.5) is 0 Å². The molecule has 2 saturated heterocycles. The molecule has 4 rings (SSSR count). The highest BCUT2D eigenvalue weighted by atomic mass is 32.2. The number of furan rings is 1. The third-order valence-corrected chi connectivity index (χ3v) is 7.20. The Morgan fingerprint density at radius 3 is 2.70 bits per heavy atom. The van der Waals surface area contributed by atoms with E-state index in [1.54, 1.807) is 14.9 Å². The normalized spacial score (nSPS) is 30.6. The second-order valence-electron chi connectivity index (χ2n) is 6.52. The highest BCUT2D eigenvalue weighted by Crippen LogP contribution is 2.36. The Kier molecular flexibility index (Phi) is 4.05. The fourth-order valence-electron chi connectivity index (χ4n) is 3.94. The maximum Gasteiger partial charge on any atom is 0.282 e. The Labute approximate surface area is 137 Å². The van der Waals surface area contributed by atoms with Crippen molar-refractivity contribution in [3.63, 3.8) is 0 Å². The minimum absolute atomic E-state index is 0.150. The van der Waals surface area contributed by atoms with Gasteiger partial charge in [0.1, 0.15) is 5.76 Å². The van der Waals surface area contributed by atoms with Gasteiger partial charge in [-0.05, 0) is 31.4 Å². The summed E-state index contributed by atoms with van der Waals surface area (Å²) in [4.78, 5) is 2.35. The summed E-state index contributed by atoms with van der Waals surface area (Å²) in [5.41, 5.74) is 0. The Balaban J connectivity index is 1.49. The maximum absolute atomic E-state index is 13.1. The number of hydrogen-bond acceptors (Lipinski definition) is 4. The van der Waals surface area contributed by atoms with Crippen molar-refractivity contribution in [1.29, 1.82) is 0 Å². The van der Waals surface area contributed by atoms with Gasteiger partial charge in [-0.2, -0.15) is 17.0 Å². The van der Waals surface area contributed by atoms with E-state index in [4.69, 9.17) is 4.42 Å². The van der Waals surface area contributed by atoms with Crippen LogP contribution in [0.5, 0.6) is 0 Å². The summed E-state index contributed by atoms with van der Waals surface area (Å²) in [7, 11) is -3.42. The number of rotatable bonds is 4. The lowest BCUT2D eigenvalue weighted by Crippen LogP contribution is -2.44. The van der Waals surface area contributed by atoms with Gasteiger partial charge in [-0.25, -0.2) is 0 Å². The third-order valence-electron chi connectivity index (χ3n) is 5.19. The van der Waals surface area contributed by atoms with Crippen molar-refractivity contribution in [3.8, 4) is 0 Å². The average Bonchev–Trinajstić information content (AvgIpc) is 3.36. The zero-order valence-electron chi connectivity index (χ0n) is 13.2. The highest BCUT2D eigenvalue weighted by Gasteiger charge is 2.43. The molecule has 23 heavy (non-hydrogen) atoms. The molecule has 0 aliphatic carbocycles. The first-order chi connectivity index (χ1) is 11.2. The van der Waals surface area contributed by atoms with Gasteiger partial charge in [-0.1, -0.05) is 12.2 Å². The molecule has 4 heterocycles. The van der Waals surface area contributed by atoms with E-state index in [1.807, 2.05) is 12.1 Å². The first-order valence-corrected chi connectivity index (χ1v) is 9.75. The Bertz CT molecular complexity index is 663. The lowest BCUT2D eigenvalue weighted by Gasteiger charge is -2.28. The molecule has 126 valence electrons. The van der Waals surface area contributed by atoms with E-state index in [9.17, 15) is 8.42 Å². The van der Waals surface area contributed by atoms with Gasteiger partial charge in [-0.15, -0.1) is 0 Å². The van der Waals surface area contributed by atoms with Crippen LogP contribution in [0, 0.1) is 0 Å². The Morgan fingerprint density at radius 1 is 1.13 bits per heavy atom. The van der Waals surface area contributed by atoms with E-state index in [2.05, 4.69) is 17.1 Å². The van der Waals surface area contributed by atoms with Gasteiger partial charge >= 0.3 is 0 Å². The van der Waals surface area contributed by atoms with E-state index in [0.717, 1.165) is 38.1 Å². The third kappa shape index (κ3) is 2.76. The first-order valence-electron chi connectivity index (χ1n) is 8.35. The summed E-state index contributed by atoms with van der Waals surface area (Å²) < 4.78 is 34.9. The standard InChI is InChI=1S/C16H23N3O3S/c20-23(21,18-11-7-14(13-18)17-8-1-2-9-17)19-10-3-5-15(19)16-6-4-12-22-16/h1-2,4,6,12,14-15H,3,5,7-11,13H2. The molecule has 0 radical (unpaired) electrons. The topological polar surface area (TPSA) is 57.0 Å². The van der Waals surface area contributed by atoms with Gasteiger partial charge < -0.3 is 4.42 Å². The smallest absolute Gasteiger partial charge is 0.282 e. The molecule has 2 atom stereocenters. The highest BCUT2D eigenvalue weighted by molar-refractivity contribution is 7.86. The largest absolute Gasteiger partial charge is 0.468 e. The fraction of sp³-hybridized carbons (Fsp3) is 0.625. The summed E-state index contributed by atoms with van der Waals surface area (Å²) in [6.07, 6.45) is 8.57. The quantitative estimate of drug-likeness (QED) is 0.783. The first kappa shape index (κ1) is 15.4. The second-order valence-corrected chi connectivity index (χ2v) is 8.40. The van der Waals surface area contributed by atoms with Crippen LogP contribution >= 0.6 is 0 Å². The molecule has 0 bridgehead atoms. The van der Waals surface area contributed by atoms with Crippen LogP contribution < -0.4 is 0 Å². The van der Waals surface area contributed by atoms with Crippen LogP contribution in [-0.2, 0) is 10.2 Å². The van der Waals surface area contributed by atoms with Gasteiger partial charge in [0, 0.05) is 38.8 Å². The molecule has 0 amide bonds. The lowest BCUT2D eigenvalue weighted by atomic mass is 10.2. The van der Waals surface area contributed by atoms with Crippen molar-refractivity contribution >= 4 is 10.2 Å². The minimum Gasteiger partial charge on any atom is -0.468 e. The van der Waals surface area contributed by atoms with Crippen molar-refractivity contribution < 1.29 is 12.8 Å².